The number of rotatable bonds is 3. The molecule has 0 aliphatic rings. The van der Waals surface area contributed by atoms with Gasteiger partial charge in [0.1, 0.15) is 5.82 Å². The summed E-state index contributed by atoms with van der Waals surface area (Å²) < 4.78 is 13.9. The van der Waals surface area contributed by atoms with Gasteiger partial charge in [-0.15, -0.1) is 0 Å². The molecule has 2 N–H and O–H groups in total. The topological polar surface area (TPSA) is 58.2 Å². The van der Waals surface area contributed by atoms with Crippen LogP contribution in [0.25, 0.3) is 0 Å². The lowest BCUT2D eigenvalue weighted by atomic mass is 9.87. The summed E-state index contributed by atoms with van der Waals surface area (Å²) in [6.45, 7) is 7.62. The van der Waals surface area contributed by atoms with Crippen molar-refractivity contribution in [3.05, 3.63) is 59.4 Å². The second-order valence-corrected chi connectivity index (χ2v) is 6.66. The number of anilines is 2. The van der Waals surface area contributed by atoms with Crippen LogP contribution in [0.15, 0.2) is 42.5 Å². The standard InChI is InChI=1S/C19H21FN2O2/c1-12(23)21-15-9-10-16(20)17(11-15)22-18(24)13-5-7-14(8-6-13)19(2,3)4/h5-11H,1-4H3,(H,21,23)(H,22,24). The van der Waals surface area contributed by atoms with Crippen LogP contribution >= 0.6 is 0 Å². The number of carbonyl (C=O) groups is 2. The Labute approximate surface area is 141 Å². The first-order chi connectivity index (χ1) is 11.2. The molecule has 0 radical (unpaired) electrons. The number of amides is 2. The Morgan fingerprint density at radius 1 is 0.958 bits per heavy atom. The summed E-state index contributed by atoms with van der Waals surface area (Å²) in [6.07, 6.45) is 0. The summed E-state index contributed by atoms with van der Waals surface area (Å²) in [5.41, 5.74) is 1.98. The van der Waals surface area contributed by atoms with Crippen LogP contribution in [0.2, 0.25) is 0 Å². The first-order valence-electron chi connectivity index (χ1n) is 7.66. The highest BCUT2D eigenvalue weighted by atomic mass is 19.1. The molecule has 2 amide bonds. The summed E-state index contributed by atoms with van der Waals surface area (Å²) in [4.78, 5) is 23.4. The molecule has 0 unspecified atom stereocenters. The second kappa shape index (κ2) is 6.83. The van der Waals surface area contributed by atoms with E-state index in [9.17, 15) is 14.0 Å². The lowest BCUT2D eigenvalue weighted by Gasteiger charge is -2.19. The zero-order valence-corrected chi connectivity index (χ0v) is 14.2. The predicted molar refractivity (Wildman–Crippen MR) is 93.8 cm³/mol. The molecule has 0 saturated heterocycles. The quantitative estimate of drug-likeness (QED) is 0.881. The fraction of sp³-hybridized carbons (Fsp3) is 0.263. The third-order valence-electron chi connectivity index (χ3n) is 3.55. The van der Waals surface area contributed by atoms with Crippen LogP contribution < -0.4 is 10.6 Å². The van der Waals surface area contributed by atoms with Crippen molar-refractivity contribution in [2.45, 2.75) is 33.1 Å². The van der Waals surface area contributed by atoms with Gasteiger partial charge >= 0.3 is 0 Å². The molecule has 2 aromatic rings. The van der Waals surface area contributed by atoms with E-state index in [1.54, 1.807) is 12.1 Å². The van der Waals surface area contributed by atoms with Gasteiger partial charge in [-0.1, -0.05) is 32.9 Å². The molecule has 0 fully saturated rings. The van der Waals surface area contributed by atoms with Gasteiger partial charge in [-0.2, -0.15) is 0 Å². The van der Waals surface area contributed by atoms with Crippen molar-refractivity contribution in [1.29, 1.82) is 0 Å². The van der Waals surface area contributed by atoms with Gasteiger partial charge in [-0.25, -0.2) is 4.39 Å². The van der Waals surface area contributed by atoms with Crippen molar-refractivity contribution < 1.29 is 14.0 Å². The summed E-state index contributed by atoms with van der Waals surface area (Å²) in [5, 5.41) is 5.09. The molecule has 2 rings (SSSR count). The Bertz CT molecular complexity index is 762. The van der Waals surface area contributed by atoms with Gasteiger partial charge in [0.2, 0.25) is 5.91 Å². The molecule has 0 aromatic heterocycles. The Hall–Kier alpha value is -2.69. The molecule has 0 bridgehead atoms. The fourth-order valence-corrected chi connectivity index (χ4v) is 2.22. The minimum absolute atomic E-state index is 0.00615. The highest BCUT2D eigenvalue weighted by Gasteiger charge is 2.15. The molecule has 0 spiro atoms. The average molecular weight is 328 g/mol. The van der Waals surface area contributed by atoms with Crippen molar-refractivity contribution >= 4 is 23.2 Å². The van der Waals surface area contributed by atoms with E-state index in [2.05, 4.69) is 31.4 Å². The lowest BCUT2D eigenvalue weighted by Crippen LogP contribution is -2.15. The summed E-state index contributed by atoms with van der Waals surface area (Å²) in [7, 11) is 0. The van der Waals surface area contributed by atoms with Crippen molar-refractivity contribution in [2.24, 2.45) is 0 Å². The molecular weight excluding hydrogens is 307 g/mol. The lowest BCUT2D eigenvalue weighted by molar-refractivity contribution is -0.114. The van der Waals surface area contributed by atoms with E-state index in [1.807, 2.05) is 12.1 Å². The number of halogens is 1. The van der Waals surface area contributed by atoms with Gasteiger partial charge in [0.15, 0.2) is 0 Å². The molecule has 4 nitrogen and oxygen atoms in total. The zero-order valence-electron chi connectivity index (χ0n) is 14.2. The largest absolute Gasteiger partial charge is 0.326 e. The van der Waals surface area contributed by atoms with Crippen LogP contribution in [0.4, 0.5) is 15.8 Å². The zero-order chi connectivity index (χ0) is 17.9. The SMILES string of the molecule is CC(=O)Nc1ccc(F)c(NC(=O)c2ccc(C(C)(C)C)cc2)c1. The van der Waals surface area contributed by atoms with E-state index in [1.165, 1.54) is 25.1 Å². The molecule has 5 heteroatoms. The van der Waals surface area contributed by atoms with Crippen LogP contribution in [0.5, 0.6) is 0 Å². The van der Waals surface area contributed by atoms with Crippen LogP contribution in [-0.2, 0) is 10.2 Å². The number of hydrogen-bond donors (Lipinski definition) is 2. The Morgan fingerprint density at radius 3 is 2.12 bits per heavy atom. The van der Waals surface area contributed by atoms with Crippen LogP contribution in [-0.4, -0.2) is 11.8 Å². The monoisotopic (exact) mass is 328 g/mol. The van der Waals surface area contributed by atoms with E-state index >= 15 is 0 Å². The first-order valence-corrected chi connectivity index (χ1v) is 7.66. The summed E-state index contributed by atoms with van der Waals surface area (Å²) >= 11 is 0. The maximum Gasteiger partial charge on any atom is 0.255 e. The normalized spacial score (nSPS) is 11.0. The van der Waals surface area contributed by atoms with Crippen LogP contribution in [0.3, 0.4) is 0 Å². The second-order valence-electron chi connectivity index (χ2n) is 6.66. The third kappa shape index (κ3) is 4.41. The van der Waals surface area contributed by atoms with E-state index < -0.39 is 11.7 Å². The minimum atomic E-state index is -0.566. The molecule has 0 aliphatic carbocycles. The molecule has 0 saturated carbocycles. The molecule has 2 aromatic carbocycles. The van der Waals surface area contributed by atoms with E-state index in [0.717, 1.165) is 5.56 Å². The highest BCUT2D eigenvalue weighted by molar-refractivity contribution is 6.04. The third-order valence-corrected chi connectivity index (χ3v) is 3.55. The maximum absolute atomic E-state index is 13.9. The van der Waals surface area contributed by atoms with Crippen molar-refractivity contribution in [3.63, 3.8) is 0 Å². The molecule has 24 heavy (non-hydrogen) atoms. The molecular formula is C19H21FN2O2. The van der Waals surface area contributed by atoms with E-state index in [4.69, 9.17) is 0 Å². The maximum atomic E-state index is 13.9. The minimum Gasteiger partial charge on any atom is -0.326 e. The van der Waals surface area contributed by atoms with Gasteiger partial charge in [-0.05, 0) is 41.3 Å². The fourth-order valence-electron chi connectivity index (χ4n) is 2.22. The Morgan fingerprint density at radius 2 is 1.58 bits per heavy atom. The number of hydrogen-bond acceptors (Lipinski definition) is 2. The van der Waals surface area contributed by atoms with Crippen molar-refractivity contribution in [2.75, 3.05) is 10.6 Å². The van der Waals surface area contributed by atoms with Gasteiger partial charge in [0, 0.05) is 18.2 Å². The van der Waals surface area contributed by atoms with Gasteiger partial charge in [0.25, 0.3) is 5.91 Å². The molecule has 126 valence electrons. The predicted octanol–water partition coefficient (Wildman–Crippen LogP) is 4.33. The molecule has 0 heterocycles. The number of nitrogens with one attached hydrogen (secondary N) is 2. The van der Waals surface area contributed by atoms with Gasteiger partial charge in [0.05, 0.1) is 5.69 Å². The van der Waals surface area contributed by atoms with Crippen molar-refractivity contribution in [1.82, 2.24) is 0 Å². The smallest absolute Gasteiger partial charge is 0.255 e. The van der Waals surface area contributed by atoms with E-state index in [0.29, 0.717) is 11.3 Å². The molecule has 0 atom stereocenters. The number of benzene rings is 2. The molecule has 0 aliphatic heterocycles. The average Bonchev–Trinajstić information content (AvgIpc) is 2.49. The highest BCUT2D eigenvalue weighted by Crippen LogP contribution is 2.23. The van der Waals surface area contributed by atoms with Crippen LogP contribution in [0.1, 0.15) is 43.6 Å². The van der Waals surface area contributed by atoms with Gasteiger partial charge < -0.3 is 10.6 Å². The summed E-state index contributed by atoms with van der Waals surface area (Å²) in [6, 6.07) is 11.2. The first kappa shape index (κ1) is 17.7. The summed E-state index contributed by atoms with van der Waals surface area (Å²) in [5.74, 6) is -1.24. The Balaban J connectivity index is 2.18. The van der Waals surface area contributed by atoms with Gasteiger partial charge in [-0.3, -0.25) is 9.59 Å². The van der Waals surface area contributed by atoms with Crippen molar-refractivity contribution in [3.8, 4) is 0 Å². The van der Waals surface area contributed by atoms with Crippen LogP contribution in [0, 0.1) is 5.82 Å². The van der Waals surface area contributed by atoms with E-state index in [-0.39, 0.29) is 17.0 Å². The Kier molecular flexibility index (Phi) is 5.02. The number of carbonyl (C=O) groups excluding carboxylic acids is 2.